The van der Waals surface area contributed by atoms with Crippen LogP contribution in [0, 0.1) is 10.4 Å². The third-order valence-corrected chi connectivity index (χ3v) is 3.61. The number of benzene rings is 1. The molecule has 1 aromatic heterocycles. The number of hydrogen-bond donors (Lipinski definition) is 4. The van der Waals surface area contributed by atoms with Crippen LogP contribution < -0.4 is 10.5 Å². The maximum absolute atomic E-state index is 11.9. The molecule has 2 unspecified atom stereocenters. The van der Waals surface area contributed by atoms with Gasteiger partial charge in [0, 0.05) is 11.9 Å². The number of carbonyl (C=O) groups is 1. The van der Waals surface area contributed by atoms with Crippen LogP contribution in [0.2, 0.25) is 0 Å². The van der Waals surface area contributed by atoms with Crippen LogP contribution in [0.1, 0.15) is 22.0 Å². The quantitative estimate of drug-likeness (QED) is 0.375. The van der Waals surface area contributed by atoms with Crippen molar-refractivity contribution < 1.29 is 30.4 Å². The lowest BCUT2D eigenvalue weighted by Crippen LogP contribution is -3.09. The molecule has 2 atom stereocenters. The number of hydroxylamine groups is 4. The van der Waals surface area contributed by atoms with E-state index in [1.54, 1.807) is 47.2 Å². The highest BCUT2D eigenvalue weighted by atomic mass is 16.8. The van der Waals surface area contributed by atoms with Crippen molar-refractivity contribution in [2.75, 3.05) is 20.2 Å². The summed E-state index contributed by atoms with van der Waals surface area (Å²) in [6.07, 6.45) is 1.66. The zero-order chi connectivity index (χ0) is 17.7. The second kappa shape index (κ2) is 8.02. The predicted molar refractivity (Wildman–Crippen MR) is 81.8 cm³/mol. The Morgan fingerprint density at radius 1 is 1.17 bits per heavy atom. The molecule has 0 aliphatic rings. The topological polar surface area (TPSA) is 127 Å². The van der Waals surface area contributed by atoms with Crippen molar-refractivity contribution >= 4 is 5.97 Å². The van der Waals surface area contributed by atoms with Gasteiger partial charge in [0.1, 0.15) is 19.0 Å². The number of methoxy groups -OCH3 is 1. The van der Waals surface area contributed by atoms with E-state index >= 15 is 0 Å². The molecule has 130 valence electrons. The second-order valence-corrected chi connectivity index (χ2v) is 5.20. The minimum absolute atomic E-state index is 0.307. The summed E-state index contributed by atoms with van der Waals surface area (Å²) in [6, 6.07) is 10.0. The smallest absolute Gasteiger partial charge is 0.339 e. The predicted octanol–water partition coefficient (Wildman–Crippen LogP) is -1.11. The normalized spacial score (nSPS) is 14.9. The monoisotopic (exact) mass is 337 g/mol. The van der Waals surface area contributed by atoms with Gasteiger partial charge in [0.15, 0.2) is 0 Å². The van der Waals surface area contributed by atoms with Gasteiger partial charge in [0.05, 0.1) is 18.4 Å². The van der Waals surface area contributed by atoms with Crippen molar-refractivity contribution in [3.63, 3.8) is 0 Å². The van der Waals surface area contributed by atoms with Gasteiger partial charge in [-0.15, -0.1) is 0 Å². The van der Waals surface area contributed by atoms with Gasteiger partial charge in [0.25, 0.3) is 0 Å². The van der Waals surface area contributed by atoms with E-state index in [0.29, 0.717) is 16.9 Å². The van der Waals surface area contributed by atoms with Gasteiger partial charge < -0.3 is 19.7 Å². The van der Waals surface area contributed by atoms with Gasteiger partial charge in [-0.3, -0.25) is 0 Å². The fraction of sp³-hybridized carbons (Fsp3) is 0.267. The van der Waals surface area contributed by atoms with Crippen LogP contribution in [0.15, 0.2) is 42.6 Å². The molecule has 1 heterocycles. The van der Waals surface area contributed by atoms with Crippen LogP contribution in [-0.4, -0.2) is 41.2 Å². The molecule has 2 rings (SSSR count). The van der Waals surface area contributed by atoms with Crippen molar-refractivity contribution in [3.8, 4) is 5.69 Å². The lowest BCUT2D eigenvalue weighted by molar-refractivity contribution is -1.06. The number of para-hydroxylation sites is 1. The molecular formula is C15H19N3O6. The number of carbonyl (C=O) groups excluding carboxylic acids is 1. The lowest BCUT2D eigenvalue weighted by atomic mass is 10.0. The Morgan fingerprint density at radius 3 is 2.38 bits per heavy atom. The lowest BCUT2D eigenvalue weighted by Gasteiger charge is -2.25. The molecule has 0 aliphatic carbocycles. The van der Waals surface area contributed by atoms with Gasteiger partial charge in [-0.1, -0.05) is 12.1 Å². The van der Waals surface area contributed by atoms with Gasteiger partial charge >= 0.3 is 5.97 Å². The average Bonchev–Trinajstić information content (AvgIpc) is 3.02. The second-order valence-electron chi connectivity index (χ2n) is 5.20. The maximum Gasteiger partial charge on any atom is 0.339 e. The third-order valence-electron chi connectivity index (χ3n) is 3.61. The molecule has 1 aromatic carbocycles. The van der Waals surface area contributed by atoms with E-state index in [0.717, 1.165) is 0 Å². The number of hydrogen-bond acceptors (Lipinski definition) is 6. The number of nitrogens with zero attached hydrogens (tertiary/aromatic N) is 1. The largest absolute Gasteiger partial charge is 0.600 e. The SMILES string of the molecule is COC(=O)c1ccccc1-n1cccc1C(C[NH+]([O-])O)C[NH+]([O-])O. The molecule has 24 heavy (non-hydrogen) atoms. The average molecular weight is 337 g/mol. The van der Waals surface area contributed by atoms with E-state index in [2.05, 4.69) is 0 Å². The number of aromatic nitrogens is 1. The Kier molecular flexibility index (Phi) is 6.04. The molecule has 0 radical (unpaired) electrons. The Hall–Kier alpha value is -2.27. The van der Waals surface area contributed by atoms with Crippen molar-refractivity contribution in [2.45, 2.75) is 5.92 Å². The molecule has 0 saturated carbocycles. The first-order valence-corrected chi connectivity index (χ1v) is 7.22. The van der Waals surface area contributed by atoms with E-state index < -0.39 is 22.3 Å². The highest BCUT2D eigenvalue weighted by molar-refractivity contribution is 5.93. The van der Waals surface area contributed by atoms with Crippen LogP contribution in [0.25, 0.3) is 5.69 Å². The van der Waals surface area contributed by atoms with E-state index in [1.165, 1.54) is 7.11 Å². The molecule has 4 N–H and O–H groups in total. The molecule has 0 amide bonds. The van der Waals surface area contributed by atoms with E-state index in [1.807, 2.05) is 0 Å². The molecule has 0 bridgehead atoms. The van der Waals surface area contributed by atoms with Crippen molar-refractivity contribution in [1.82, 2.24) is 4.57 Å². The van der Waals surface area contributed by atoms with E-state index in [9.17, 15) is 15.2 Å². The molecular weight excluding hydrogens is 318 g/mol. The van der Waals surface area contributed by atoms with Gasteiger partial charge in [-0.2, -0.15) is 0 Å². The molecule has 0 saturated heterocycles. The van der Waals surface area contributed by atoms with E-state index in [4.69, 9.17) is 15.2 Å². The molecule has 9 nitrogen and oxygen atoms in total. The first kappa shape index (κ1) is 18.1. The Morgan fingerprint density at radius 2 is 1.79 bits per heavy atom. The van der Waals surface area contributed by atoms with Crippen LogP contribution in [0.3, 0.4) is 0 Å². The number of rotatable bonds is 7. The summed E-state index contributed by atoms with van der Waals surface area (Å²) < 4.78 is 6.39. The maximum atomic E-state index is 11.9. The summed E-state index contributed by atoms with van der Waals surface area (Å²) in [6.45, 7) is -0.645. The Labute approximate surface area is 138 Å². The van der Waals surface area contributed by atoms with Crippen molar-refractivity contribution in [1.29, 1.82) is 0 Å². The highest BCUT2D eigenvalue weighted by Crippen LogP contribution is 2.22. The number of esters is 1. The first-order chi connectivity index (χ1) is 11.4. The van der Waals surface area contributed by atoms with Crippen LogP contribution in [-0.2, 0) is 4.74 Å². The summed E-state index contributed by atoms with van der Waals surface area (Å²) in [5.41, 5.74) is 1.32. The fourth-order valence-corrected chi connectivity index (χ4v) is 2.62. The van der Waals surface area contributed by atoms with E-state index in [-0.39, 0.29) is 13.1 Å². The summed E-state index contributed by atoms with van der Waals surface area (Å²) >= 11 is 0. The number of nitrogens with one attached hydrogen (secondary N) is 2. The van der Waals surface area contributed by atoms with Crippen LogP contribution >= 0.6 is 0 Å². The molecule has 9 heteroatoms. The molecule has 0 aliphatic heterocycles. The third kappa shape index (κ3) is 4.17. The van der Waals surface area contributed by atoms with Crippen molar-refractivity contribution in [3.05, 3.63) is 64.3 Å². The minimum Gasteiger partial charge on any atom is -0.600 e. The summed E-state index contributed by atoms with van der Waals surface area (Å²) in [7, 11) is 1.27. The zero-order valence-corrected chi connectivity index (χ0v) is 13.0. The first-order valence-electron chi connectivity index (χ1n) is 7.22. The molecule has 2 aromatic rings. The molecule has 0 spiro atoms. The number of ether oxygens (including phenoxy) is 1. The minimum atomic E-state index is -1.09. The fourth-order valence-electron chi connectivity index (χ4n) is 2.62. The summed E-state index contributed by atoms with van der Waals surface area (Å²) in [4.78, 5) is 11.9. The van der Waals surface area contributed by atoms with Gasteiger partial charge in [-0.25, -0.2) is 25.7 Å². The standard InChI is InChI=1S/C15H19N3O6/c1-24-15(19)12-5-2-3-6-14(12)16-8-4-7-13(16)11(9-17(20)21)10-18(22)23/h2-8,11,17-18,20,22H,9-10H2,1H3. The summed E-state index contributed by atoms with van der Waals surface area (Å²) in [5.74, 6) is -1.25. The van der Waals surface area contributed by atoms with Crippen LogP contribution in [0.4, 0.5) is 0 Å². The summed E-state index contributed by atoms with van der Waals surface area (Å²) in [5, 5.41) is 38.1. The van der Waals surface area contributed by atoms with Gasteiger partial charge in [0.2, 0.25) is 0 Å². The zero-order valence-electron chi connectivity index (χ0n) is 13.0. The van der Waals surface area contributed by atoms with Crippen molar-refractivity contribution in [2.24, 2.45) is 0 Å². The highest BCUT2D eigenvalue weighted by Gasteiger charge is 2.24. The number of quaternary nitrogens is 2. The van der Waals surface area contributed by atoms with Gasteiger partial charge in [-0.05, 0) is 24.3 Å². The Bertz CT molecular complexity index is 675. The van der Waals surface area contributed by atoms with Crippen LogP contribution in [0.5, 0.6) is 0 Å². The Balaban J connectivity index is 2.47. The molecule has 0 fully saturated rings.